The van der Waals surface area contributed by atoms with Gasteiger partial charge in [0.1, 0.15) is 0 Å². The average Bonchev–Trinajstić information content (AvgIpc) is 2.34. The standard InChI is InChI=1S/C14H13BrN2/c1-11-6-8-13(9-7-11)17-16-10-12-4-2-3-5-14(12)15/h2-10,17H,1H3. The van der Waals surface area contributed by atoms with Crippen LogP contribution in [-0.4, -0.2) is 6.21 Å². The number of aryl methyl sites for hydroxylation is 1. The Bertz CT molecular complexity index is 518. The lowest BCUT2D eigenvalue weighted by atomic mass is 10.2. The van der Waals surface area contributed by atoms with Gasteiger partial charge in [-0.1, -0.05) is 51.8 Å². The second-order valence-corrected chi connectivity index (χ2v) is 4.61. The second kappa shape index (κ2) is 5.64. The number of rotatable bonds is 3. The van der Waals surface area contributed by atoms with Crippen LogP contribution in [0.1, 0.15) is 11.1 Å². The smallest absolute Gasteiger partial charge is 0.0561 e. The number of nitrogens with zero attached hydrogens (tertiary/aromatic N) is 1. The summed E-state index contributed by atoms with van der Waals surface area (Å²) in [5, 5.41) is 4.20. The predicted molar refractivity (Wildman–Crippen MR) is 76.5 cm³/mol. The van der Waals surface area contributed by atoms with Gasteiger partial charge in [-0.2, -0.15) is 5.10 Å². The van der Waals surface area contributed by atoms with Crippen LogP contribution < -0.4 is 5.43 Å². The number of halogens is 1. The zero-order valence-corrected chi connectivity index (χ0v) is 11.1. The molecule has 0 radical (unpaired) electrons. The van der Waals surface area contributed by atoms with E-state index in [0.29, 0.717) is 0 Å². The second-order valence-electron chi connectivity index (χ2n) is 3.76. The quantitative estimate of drug-likeness (QED) is 0.664. The molecule has 2 rings (SSSR count). The molecular weight excluding hydrogens is 276 g/mol. The highest BCUT2D eigenvalue weighted by atomic mass is 79.9. The van der Waals surface area contributed by atoms with Crippen molar-refractivity contribution in [2.24, 2.45) is 5.10 Å². The maximum Gasteiger partial charge on any atom is 0.0561 e. The minimum Gasteiger partial charge on any atom is -0.279 e. The number of anilines is 1. The molecule has 0 aliphatic heterocycles. The van der Waals surface area contributed by atoms with Gasteiger partial charge < -0.3 is 0 Å². The Kier molecular flexibility index (Phi) is 3.94. The summed E-state index contributed by atoms with van der Waals surface area (Å²) in [6.07, 6.45) is 1.80. The highest BCUT2D eigenvalue weighted by Gasteiger charge is 1.93. The third-order valence-corrected chi connectivity index (χ3v) is 3.08. The molecule has 0 spiro atoms. The summed E-state index contributed by atoms with van der Waals surface area (Å²) in [7, 11) is 0. The fourth-order valence-corrected chi connectivity index (χ4v) is 1.77. The normalized spacial score (nSPS) is 10.7. The number of nitrogens with one attached hydrogen (secondary N) is 1. The minimum absolute atomic E-state index is 0.985. The van der Waals surface area contributed by atoms with Crippen molar-refractivity contribution in [2.75, 3.05) is 5.43 Å². The van der Waals surface area contributed by atoms with Gasteiger partial charge in [0.05, 0.1) is 11.9 Å². The molecule has 0 aliphatic carbocycles. The molecule has 2 nitrogen and oxygen atoms in total. The third-order valence-electron chi connectivity index (χ3n) is 2.35. The third kappa shape index (κ3) is 3.43. The molecule has 0 aliphatic rings. The molecule has 86 valence electrons. The van der Waals surface area contributed by atoms with Gasteiger partial charge in [0, 0.05) is 10.0 Å². The van der Waals surface area contributed by atoms with Gasteiger partial charge in [0.25, 0.3) is 0 Å². The van der Waals surface area contributed by atoms with Crippen molar-refractivity contribution in [1.82, 2.24) is 0 Å². The van der Waals surface area contributed by atoms with E-state index in [1.807, 2.05) is 36.4 Å². The zero-order valence-electron chi connectivity index (χ0n) is 9.52. The lowest BCUT2D eigenvalue weighted by Crippen LogP contribution is -1.91. The molecular formula is C14H13BrN2. The van der Waals surface area contributed by atoms with Crippen molar-refractivity contribution in [1.29, 1.82) is 0 Å². The van der Waals surface area contributed by atoms with Gasteiger partial charge in [0.2, 0.25) is 0 Å². The first kappa shape index (κ1) is 11.9. The van der Waals surface area contributed by atoms with Crippen LogP contribution in [0.3, 0.4) is 0 Å². The zero-order chi connectivity index (χ0) is 12.1. The van der Waals surface area contributed by atoms with E-state index in [9.17, 15) is 0 Å². The fraction of sp³-hybridized carbons (Fsp3) is 0.0714. The molecule has 0 amide bonds. The molecule has 0 heterocycles. The average molecular weight is 289 g/mol. The molecule has 0 fully saturated rings. The number of hydrogen-bond acceptors (Lipinski definition) is 2. The maximum atomic E-state index is 4.20. The topological polar surface area (TPSA) is 24.4 Å². The van der Waals surface area contributed by atoms with Crippen LogP contribution in [0, 0.1) is 6.92 Å². The summed E-state index contributed by atoms with van der Waals surface area (Å²) < 4.78 is 1.04. The highest BCUT2D eigenvalue weighted by molar-refractivity contribution is 9.10. The lowest BCUT2D eigenvalue weighted by molar-refractivity contribution is 1.33. The monoisotopic (exact) mass is 288 g/mol. The Labute approximate surface area is 110 Å². The SMILES string of the molecule is Cc1ccc(NN=Cc2ccccc2Br)cc1. The molecule has 2 aromatic rings. The van der Waals surface area contributed by atoms with E-state index in [4.69, 9.17) is 0 Å². The van der Waals surface area contributed by atoms with Crippen LogP contribution in [0.4, 0.5) is 5.69 Å². The van der Waals surface area contributed by atoms with Gasteiger partial charge in [0.15, 0.2) is 0 Å². The Morgan fingerprint density at radius 1 is 1.06 bits per heavy atom. The minimum atomic E-state index is 0.985. The largest absolute Gasteiger partial charge is 0.279 e. The van der Waals surface area contributed by atoms with Crippen molar-refractivity contribution in [3.63, 3.8) is 0 Å². The van der Waals surface area contributed by atoms with E-state index in [0.717, 1.165) is 15.7 Å². The van der Waals surface area contributed by atoms with Crippen molar-refractivity contribution < 1.29 is 0 Å². The molecule has 0 saturated carbocycles. The molecule has 17 heavy (non-hydrogen) atoms. The lowest BCUT2D eigenvalue weighted by Gasteiger charge is -2.01. The van der Waals surface area contributed by atoms with Gasteiger partial charge in [-0.15, -0.1) is 0 Å². The van der Waals surface area contributed by atoms with E-state index in [1.54, 1.807) is 6.21 Å². The molecule has 3 heteroatoms. The van der Waals surface area contributed by atoms with E-state index in [2.05, 4.69) is 45.5 Å². The molecule has 1 N–H and O–H groups in total. The maximum absolute atomic E-state index is 4.20. The first-order valence-corrected chi connectivity index (χ1v) is 6.15. The summed E-state index contributed by atoms with van der Waals surface area (Å²) in [5.74, 6) is 0. The van der Waals surface area contributed by atoms with Gasteiger partial charge in [-0.05, 0) is 25.1 Å². The summed E-state index contributed by atoms with van der Waals surface area (Å²) >= 11 is 3.47. The molecule has 0 aromatic heterocycles. The first-order valence-electron chi connectivity index (χ1n) is 5.36. The van der Waals surface area contributed by atoms with E-state index >= 15 is 0 Å². The van der Waals surface area contributed by atoms with Crippen LogP contribution in [0.25, 0.3) is 0 Å². The first-order chi connectivity index (χ1) is 8.25. The van der Waals surface area contributed by atoms with E-state index < -0.39 is 0 Å². The molecule has 0 bridgehead atoms. The number of hydrazone groups is 1. The molecule has 0 saturated heterocycles. The van der Waals surface area contributed by atoms with Crippen LogP contribution in [0.2, 0.25) is 0 Å². The number of hydrogen-bond donors (Lipinski definition) is 1. The van der Waals surface area contributed by atoms with Gasteiger partial charge in [-0.25, -0.2) is 0 Å². The van der Waals surface area contributed by atoms with Crippen molar-refractivity contribution in [3.05, 3.63) is 64.1 Å². The molecule has 0 unspecified atom stereocenters. The Morgan fingerprint density at radius 2 is 1.76 bits per heavy atom. The highest BCUT2D eigenvalue weighted by Crippen LogP contribution is 2.14. The van der Waals surface area contributed by atoms with Gasteiger partial charge in [-0.3, -0.25) is 5.43 Å². The predicted octanol–water partition coefficient (Wildman–Crippen LogP) is 4.20. The Morgan fingerprint density at radius 3 is 2.47 bits per heavy atom. The van der Waals surface area contributed by atoms with Crippen molar-refractivity contribution in [2.45, 2.75) is 6.92 Å². The summed E-state index contributed by atoms with van der Waals surface area (Å²) in [4.78, 5) is 0. The van der Waals surface area contributed by atoms with Crippen LogP contribution in [-0.2, 0) is 0 Å². The number of benzene rings is 2. The summed E-state index contributed by atoms with van der Waals surface area (Å²) in [5.41, 5.74) is 6.27. The van der Waals surface area contributed by atoms with Crippen LogP contribution in [0.15, 0.2) is 58.1 Å². The Balaban J connectivity index is 2.03. The van der Waals surface area contributed by atoms with E-state index in [1.165, 1.54) is 5.56 Å². The fourth-order valence-electron chi connectivity index (χ4n) is 1.38. The van der Waals surface area contributed by atoms with Crippen LogP contribution >= 0.6 is 15.9 Å². The summed E-state index contributed by atoms with van der Waals surface area (Å²) in [6.45, 7) is 2.06. The van der Waals surface area contributed by atoms with Gasteiger partial charge >= 0.3 is 0 Å². The Hall–Kier alpha value is -1.61. The van der Waals surface area contributed by atoms with Crippen molar-refractivity contribution in [3.8, 4) is 0 Å². The molecule has 0 atom stereocenters. The summed E-state index contributed by atoms with van der Waals surface area (Å²) in [6, 6.07) is 16.1. The van der Waals surface area contributed by atoms with E-state index in [-0.39, 0.29) is 0 Å². The van der Waals surface area contributed by atoms with Crippen LogP contribution in [0.5, 0.6) is 0 Å². The molecule has 2 aromatic carbocycles. The van der Waals surface area contributed by atoms with Crippen molar-refractivity contribution >= 4 is 27.8 Å².